The molecule has 0 saturated carbocycles. The first-order chi connectivity index (χ1) is 59.4. The minimum Gasteiger partial charge on any atom is -0.456 e. The van der Waals surface area contributed by atoms with Gasteiger partial charge in [0, 0.05) is 113 Å². The molecular formula is C110H66N6O2S2. The maximum absolute atomic E-state index is 6.37. The lowest BCUT2D eigenvalue weighted by Gasteiger charge is -2.12. The fraction of sp³-hybridized carbons (Fsp3) is 0. The van der Waals surface area contributed by atoms with Crippen molar-refractivity contribution in [3.63, 3.8) is 0 Å². The largest absolute Gasteiger partial charge is 0.456 e. The van der Waals surface area contributed by atoms with Crippen LogP contribution in [-0.4, -0.2) is 29.9 Å². The van der Waals surface area contributed by atoms with E-state index in [1.807, 2.05) is 72.8 Å². The molecule has 0 unspecified atom stereocenters. The van der Waals surface area contributed by atoms with E-state index < -0.39 is 0 Å². The van der Waals surface area contributed by atoms with Crippen LogP contribution in [0.5, 0.6) is 0 Å². The van der Waals surface area contributed by atoms with Gasteiger partial charge in [-0.1, -0.05) is 322 Å². The first-order valence-corrected chi connectivity index (χ1v) is 41.8. The zero-order chi connectivity index (χ0) is 79.1. The molecule has 0 amide bonds. The van der Waals surface area contributed by atoms with Gasteiger partial charge in [0.15, 0.2) is 11.6 Å². The van der Waals surface area contributed by atoms with Gasteiger partial charge in [0.05, 0.1) is 54.6 Å². The molecule has 10 heteroatoms. The monoisotopic (exact) mass is 1570 g/mol. The molecule has 0 N–H and O–H groups in total. The van der Waals surface area contributed by atoms with Crippen LogP contribution in [0.2, 0.25) is 0 Å². The van der Waals surface area contributed by atoms with E-state index in [9.17, 15) is 0 Å². The maximum Gasteiger partial charge on any atom is 0.160 e. The van der Waals surface area contributed by atoms with Crippen LogP contribution in [0.25, 0.3) is 241 Å². The van der Waals surface area contributed by atoms with Crippen LogP contribution in [0.4, 0.5) is 0 Å². The SMILES string of the molecule is c1ccc(-c2ccc3c(c2)nc(-c2ccc(-c4nc(-c5ccccc5)cc(-c5ccc(-c6cccc7c6oc6ccccc67)cc5)n4)cc2)c2sc4ccccc4c23)cc1.c1ccc(-c2cccc(-c3ccc4c(c3)nc(-c3cccc(-c5nc(-c6ccccc6)cc(-c6ccc7oc8ccccc8c7c6)n5)c3)c3sc5ccccc5c34)c2)cc1. The highest BCUT2D eigenvalue weighted by Gasteiger charge is 2.23. The number of rotatable bonds is 12. The molecule has 0 aliphatic carbocycles. The molecule has 0 aliphatic heterocycles. The van der Waals surface area contributed by atoms with E-state index in [4.69, 9.17) is 38.7 Å². The van der Waals surface area contributed by atoms with Gasteiger partial charge < -0.3 is 8.83 Å². The number of aromatic nitrogens is 6. The van der Waals surface area contributed by atoms with Crippen LogP contribution in [0.3, 0.4) is 0 Å². The number of furan rings is 2. The number of para-hydroxylation sites is 3. The standard InChI is InChI=1S/2C55H33N3OS/c1-3-13-34(14-4-1)36-17-11-18-37(29-36)38-25-27-43-48(32-38)56-53(54-52(43)44-22-8-10-24-51(44)60-54)40-19-12-20-41(30-40)55-57-46(35-15-5-2-6-16-35)33-47(58-55)39-26-28-50-45(31-39)42-21-7-9-23-49(42)59-50;1-3-12-34(13-4-1)40-30-31-44-48(32-40)56-52(54-51(44)45-17-8-10-21-50(45)60-54)38-26-28-39(29-27-38)55-57-46(36-14-5-2-6-15-36)33-47(58-55)37-24-22-35(23-25-37)41-18-11-19-43-42-16-7-9-20-49(42)59-53(41)43/h2*1-33H. The van der Waals surface area contributed by atoms with Crippen LogP contribution < -0.4 is 0 Å². The Morgan fingerprint density at radius 2 is 0.558 bits per heavy atom. The van der Waals surface area contributed by atoms with Gasteiger partial charge in [-0.2, -0.15) is 0 Å². The quantitative estimate of drug-likeness (QED) is 0.119. The summed E-state index contributed by atoms with van der Waals surface area (Å²) in [6.45, 7) is 0. The second-order valence-electron chi connectivity index (χ2n) is 30.3. The van der Waals surface area contributed by atoms with Crippen molar-refractivity contribution in [1.82, 2.24) is 29.9 Å². The van der Waals surface area contributed by atoms with Gasteiger partial charge in [0.2, 0.25) is 0 Å². The average Bonchev–Trinajstić information content (AvgIpc) is 1.56. The Morgan fingerprint density at radius 1 is 0.192 bits per heavy atom. The van der Waals surface area contributed by atoms with Gasteiger partial charge in [-0.3, -0.25) is 0 Å². The lowest BCUT2D eigenvalue weighted by atomic mass is 9.96. The summed E-state index contributed by atoms with van der Waals surface area (Å²) in [7, 11) is 0. The number of fused-ring (bicyclic) bond motifs is 16. The normalized spacial score (nSPS) is 11.7. The molecule has 0 atom stereocenters. The van der Waals surface area contributed by atoms with Crippen molar-refractivity contribution in [2.75, 3.05) is 0 Å². The van der Waals surface area contributed by atoms with Crippen LogP contribution >= 0.6 is 22.7 Å². The zero-order valence-corrected chi connectivity index (χ0v) is 66.1. The van der Waals surface area contributed by atoms with E-state index in [1.54, 1.807) is 22.7 Å². The Morgan fingerprint density at radius 3 is 1.14 bits per heavy atom. The highest BCUT2D eigenvalue weighted by atomic mass is 32.1. The molecule has 8 aromatic heterocycles. The highest BCUT2D eigenvalue weighted by Crippen LogP contribution is 2.48. The summed E-state index contributed by atoms with van der Waals surface area (Å²) in [4.78, 5) is 31.7. The summed E-state index contributed by atoms with van der Waals surface area (Å²) in [5, 5.41) is 11.7. The predicted molar refractivity (Wildman–Crippen MR) is 500 cm³/mol. The number of thiophene rings is 2. The third kappa shape index (κ3) is 12.6. The molecule has 24 rings (SSSR count). The number of pyridine rings is 2. The second-order valence-corrected chi connectivity index (χ2v) is 32.4. The fourth-order valence-corrected chi connectivity index (χ4v) is 19.5. The zero-order valence-electron chi connectivity index (χ0n) is 64.4. The molecule has 0 spiro atoms. The van der Waals surface area contributed by atoms with Gasteiger partial charge in [0.1, 0.15) is 22.3 Å². The third-order valence-electron chi connectivity index (χ3n) is 23.0. The molecule has 0 saturated heterocycles. The first-order valence-electron chi connectivity index (χ1n) is 40.2. The van der Waals surface area contributed by atoms with Crippen molar-refractivity contribution in [1.29, 1.82) is 0 Å². The number of benzene rings is 16. The van der Waals surface area contributed by atoms with Crippen molar-refractivity contribution < 1.29 is 8.83 Å². The van der Waals surface area contributed by atoms with Crippen LogP contribution in [0, 0.1) is 0 Å². The van der Waals surface area contributed by atoms with Crippen LogP contribution in [0.1, 0.15) is 0 Å². The summed E-state index contributed by atoms with van der Waals surface area (Å²) in [6.07, 6.45) is 0. The van der Waals surface area contributed by atoms with E-state index in [0.29, 0.717) is 11.6 Å². The molecule has 0 bridgehead atoms. The van der Waals surface area contributed by atoms with Crippen LogP contribution in [0.15, 0.2) is 409 Å². The molecule has 560 valence electrons. The smallest absolute Gasteiger partial charge is 0.160 e. The predicted octanol–water partition coefficient (Wildman–Crippen LogP) is 30.6. The van der Waals surface area contributed by atoms with Crippen molar-refractivity contribution in [3.8, 4) is 135 Å². The summed E-state index contributed by atoms with van der Waals surface area (Å²) in [6, 6.07) is 140. The Labute approximate surface area is 697 Å². The van der Waals surface area contributed by atoms with Gasteiger partial charge in [-0.05, 0) is 118 Å². The van der Waals surface area contributed by atoms with E-state index in [2.05, 4.69) is 328 Å². The Balaban J connectivity index is 0.000000140. The van der Waals surface area contributed by atoms with E-state index >= 15 is 0 Å². The van der Waals surface area contributed by atoms with Crippen molar-refractivity contribution >= 4 is 129 Å². The summed E-state index contributed by atoms with van der Waals surface area (Å²) in [5.41, 5.74) is 28.0. The average molecular weight is 1570 g/mol. The Kier molecular flexibility index (Phi) is 17.1. The molecule has 0 aliphatic rings. The summed E-state index contributed by atoms with van der Waals surface area (Å²) < 4.78 is 17.4. The van der Waals surface area contributed by atoms with Crippen molar-refractivity contribution in [2.45, 2.75) is 0 Å². The topological polar surface area (TPSA) is 104 Å². The minimum atomic E-state index is 0.652. The number of nitrogens with zero attached hydrogens (tertiary/aromatic N) is 6. The summed E-state index contributed by atoms with van der Waals surface area (Å²) >= 11 is 3.61. The molecule has 120 heavy (non-hydrogen) atoms. The maximum atomic E-state index is 6.37. The van der Waals surface area contributed by atoms with Crippen molar-refractivity contribution in [2.24, 2.45) is 0 Å². The molecule has 0 radical (unpaired) electrons. The number of hydrogen-bond donors (Lipinski definition) is 0. The Bertz CT molecular complexity index is 8140. The molecular weight excluding hydrogens is 1500 g/mol. The summed E-state index contributed by atoms with van der Waals surface area (Å²) in [5.74, 6) is 1.32. The van der Waals surface area contributed by atoms with Gasteiger partial charge in [0.25, 0.3) is 0 Å². The van der Waals surface area contributed by atoms with Crippen molar-refractivity contribution in [3.05, 3.63) is 400 Å². The fourth-order valence-electron chi connectivity index (χ4n) is 17.1. The van der Waals surface area contributed by atoms with Gasteiger partial charge in [-0.15, -0.1) is 22.7 Å². The van der Waals surface area contributed by atoms with E-state index in [1.165, 1.54) is 62.4 Å². The van der Waals surface area contributed by atoms with Gasteiger partial charge in [-0.25, -0.2) is 29.9 Å². The molecule has 0 fully saturated rings. The Hall–Kier alpha value is -15.5. The number of hydrogen-bond acceptors (Lipinski definition) is 10. The van der Waals surface area contributed by atoms with E-state index in [-0.39, 0.29) is 0 Å². The minimum absolute atomic E-state index is 0.652. The molecule has 8 nitrogen and oxygen atoms in total. The van der Waals surface area contributed by atoms with Crippen LogP contribution in [-0.2, 0) is 0 Å². The van der Waals surface area contributed by atoms with Gasteiger partial charge >= 0.3 is 0 Å². The third-order valence-corrected chi connectivity index (χ3v) is 25.4. The lowest BCUT2D eigenvalue weighted by molar-refractivity contribution is 0.669. The lowest BCUT2D eigenvalue weighted by Crippen LogP contribution is -1.96. The first kappa shape index (κ1) is 70.0. The molecule has 16 aromatic carbocycles. The second kappa shape index (κ2) is 29.4. The van der Waals surface area contributed by atoms with E-state index in [0.717, 1.165) is 167 Å². The molecule has 24 aromatic rings. The molecule has 8 heterocycles. The highest BCUT2D eigenvalue weighted by molar-refractivity contribution is 7.27.